The summed E-state index contributed by atoms with van der Waals surface area (Å²) >= 11 is 7.09. The van der Waals surface area contributed by atoms with Gasteiger partial charge in [-0.05, 0) is 71.8 Å². The number of nitrogens with zero attached hydrogens (tertiary/aromatic N) is 3. The number of benzene rings is 2. The van der Waals surface area contributed by atoms with Gasteiger partial charge in [-0.25, -0.2) is 0 Å². The van der Waals surface area contributed by atoms with Gasteiger partial charge >= 0.3 is 0 Å². The number of nitrogens with one attached hydrogen (secondary N) is 1. The first-order chi connectivity index (χ1) is 13.9. The maximum Gasteiger partial charge on any atom is 0.234 e. The Labute approximate surface area is 196 Å². The molecule has 5 nitrogen and oxygen atoms in total. The molecule has 1 N–H and O–H groups in total. The number of thioether (sulfide) groups is 1. The fraction of sp³-hybridized carbons (Fsp3) is 0.190. The Morgan fingerprint density at radius 2 is 1.90 bits per heavy atom. The van der Waals surface area contributed by atoms with E-state index in [0.717, 1.165) is 36.2 Å². The molecule has 29 heavy (non-hydrogen) atoms. The van der Waals surface area contributed by atoms with Gasteiger partial charge < -0.3 is 5.32 Å². The van der Waals surface area contributed by atoms with Gasteiger partial charge in [-0.15, -0.1) is 16.8 Å². The Morgan fingerprint density at radius 1 is 1.24 bits per heavy atom. The number of allylic oxidation sites excluding steroid dienone is 1. The van der Waals surface area contributed by atoms with Gasteiger partial charge in [-0.3, -0.25) is 9.36 Å². The van der Waals surface area contributed by atoms with E-state index in [9.17, 15) is 4.79 Å². The molecule has 0 radical (unpaired) electrons. The van der Waals surface area contributed by atoms with E-state index in [4.69, 9.17) is 0 Å². The van der Waals surface area contributed by atoms with Crippen LogP contribution in [0.1, 0.15) is 11.1 Å². The summed E-state index contributed by atoms with van der Waals surface area (Å²) in [6.07, 6.45) is 1.80. The van der Waals surface area contributed by atoms with E-state index >= 15 is 0 Å². The third-order valence-electron chi connectivity index (χ3n) is 4.23. The molecular weight excluding hydrogens is 563 g/mol. The number of carbonyl (C=O) groups is 1. The van der Waals surface area contributed by atoms with E-state index < -0.39 is 0 Å². The van der Waals surface area contributed by atoms with Crippen LogP contribution >= 0.6 is 50.3 Å². The van der Waals surface area contributed by atoms with Crippen molar-refractivity contribution >= 4 is 61.9 Å². The number of aromatic nitrogens is 3. The summed E-state index contributed by atoms with van der Waals surface area (Å²) in [4.78, 5) is 12.5. The number of aryl methyl sites for hydroxylation is 2. The summed E-state index contributed by atoms with van der Waals surface area (Å²) in [6.45, 7) is 8.40. The minimum atomic E-state index is -0.0687. The number of anilines is 1. The van der Waals surface area contributed by atoms with E-state index in [1.807, 2.05) is 42.7 Å². The maximum absolute atomic E-state index is 12.5. The van der Waals surface area contributed by atoms with Gasteiger partial charge in [0.1, 0.15) is 0 Å². The van der Waals surface area contributed by atoms with Crippen LogP contribution in [0.3, 0.4) is 0 Å². The number of amides is 1. The molecule has 1 heterocycles. The van der Waals surface area contributed by atoms with Gasteiger partial charge in [-0.1, -0.05) is 45.9 Å². The second kappa shape index (κ2) is 9.90. The molecule has 0 bridgehead atoms. The zero-order valence-corrected chi connectivity index (χ0v) is 20.6. The topological polar surface area (TPSA) is 59.8 Å². The highest BCUT2D eigenvalue weighted by Crippen LogP contribution is 2.27. The molecule has 1 amide bonds. The van der Waals surface area contributed by atoms with Crippen molar-refractivity contribution in [1.82, 2.24) is 14.8 Å². The molecule has 8 heteroatoms. The van der Waals surface area contributed by atoms with Gasteiger partial charge in [0.2, 0.25) is 5.91 Å². The van der Waals surface area contributed by atoms with E-state index in [1.165, 1.54) is 11.8 Å². The van der Waals surface area contributed by atoms with Crippen molar-refractivity contribution in [1.29, 1.82) is 0 Å². The first-order valence-corrected chi connectivity index (χ1v) is 11.7. The summed E-state index contributed by atoms with van der Waals surface area (Å²) in [5.41, 5.74) is 3.95. The largest absolute Gasteiger partial charge is 0.325 e. The Hall–Kier alpha value is -1.65. The molecule has 3 rings (SSSR count). The number of rotatable bonds is 7. The van der Waals surface area contributed by atoms with Gasteiger partial charge in [-0.2, -0.15) is 0 Å². The standard InChI is InChI=1S/C21H20BrIN4OS/c1-4-9-27-20(15-5-7-16(22)8-6-15)25-26-21(27)29-12-18(28)24-19-13(2)10-17(23)11-14(19)3/h4-8,10-11H,1,9,12H2,2-3H3,(H,24,28). The minimum Gasteiger partial charge on any atom is -0.325 e. The maximum atomic E-state index is 12.5. The van der Waals surface area contributed by atoms with Crippen molar-refractivity contribution in [3.05, 3.63) is 68.2 Å². The predicted octanol–water partition coefficient (Wildman–Crippen LogP) is 5.85. The normalized spacial score (nSPS) is 10.8. The zero-order valence-electron chi connectivity index (χ0n) is 16.1. The zero-order chi connectivity index (χ0) is 21.0. The number of carbonyl (C=O) groups excluding carboxylic acids is 1. The molecule has 0 fully saturated rings. The lowest BCUT2D eigenvalue weighted by Crippen LogP contribution is -2.16. The van der Waals surface area contributed by atoms with Crippen LogP contribution in [-0.2, 0) is 11.3 Å². The van der Waals surface area contributed by atoms with E-state index in [0.29, 0.717) is 11.7 Å². The molecular formula is C21H20BrIN4OS. The summed E-state index contributed by atoms with van der Waals surface area (Å²) in [5.74, 6) is 0.936. The first-order valence-electron chi connectivity index (χ1n) is 8.88. The molecule has 1 aromatic heterocycles. The van der Waals surface area contributed by atoms with Crippen molar-refractivity contribution in [3.8, 4) is 11.4 Å². The Morgan fingerprint density at radius 3 is 2.52 bits per heavy atom. The highest BCUT2D eigenvalue weighted by molar-refractivity contribution is 14.1. The van der Waals surface area contributed by atoms with Gasteiger partial charge in [0.15, 0.2) is 11.0 Å². The van der Waals surface area contributed by atoms with Crippen LogP contribution in [-0.4, -0.2) is 26.4 Å². The van der Waals surface area contributed by atoms with Crippen LogP contribution in [0, 0.1) is 17.4 Å². The van der Waals surface area contributed by atoms with E-state index in [2.05, 4.69) is 72.7 Å². The average molecular weight is 583 g/mol. The molecule has 0 saturated carbocycles. The lowest BCUT2D eigenvalue weighted by atomic mass is 10.1. The Bertz CT molecular complexity index is 1030. The molecule has 0 atom stereocenters. The number of halogens is 2. The van der Waals surface area contributed by atoms with Crippen LogP contribution in [0.15, 0.2) is 58.7 Å². The third kappa shape index (κ3) is 5.49. The van der Waals surface area contributed by atoms with E-state index in [1.54, 1.807) is 6.08 Å². The lowest BCUT2D eigenvalue weighted by molar-refractivity contribution is -0.113. The Kier molecular flexibility index (Phi) is 7.53. The van der Waals surface area contributed by atoms with Crippen LogP contribution in [0.2, 0.25) is 0 Å². The summed E-state index contributed by atoms with van der Waals surface area (Å²) < 4.78 is 4.13. The minimum absolute atomic E-state index is 0.0687. The summed E-state index contributed by atoms with van der Waals surface area (Å²) in [6, 6.07) is 12.0. The van der Waals surface area contributed by atoms with Gasteiger partial charge in [0.25, 0.3) is 0 Å². The molecule has 0 unspecified atom stereocenters. The van der Waals surface area contributed by atoms with Crippen molar-refractivity contribution in [2.45, 2.75) is 25.5 Å². The quantitative estimate of drug-likeness (QED) is 0.216. The number of hydrogen-bond acceptors (Lipinski definition) is 4. The predicted molar refractivity (Wildman–Crippen MR) is 131 cm³/mol. The highest BCUT2D eigenvalue weighted by atomic mass is 127. The summed E-state index contributed by atoms with van der Waals surface area (Å²) in [7, 11) is 0. The van der Waals surface area contributed by atoms with Gasteiger partial charge in [0, 0.05) is 25.8 Å². The van der Waals surface area contributed by atoms with Crippen molar-refractivity contribution < 1.29 is 4.79 Å². The molecule has 2 aromatic carbocycles. The van der Waals surface area contributed by atoms with Crippen molar-refractivity contribution in [2.75, 3.05) is 11.1 Å². The van der Waals surface area contributed by atoms with Crippen molar-refractivity contribution in [3.63, 3.8) is 0 Å². The lowest BCUT2D eigenvalue weighted by Gasteiger charge is -2.12. The van der Waals surface area contributed by atoms with Crippen LogP contribution in [0.4, 0.5) is 5.69 Å². The smallest absolute Gasteiger partial charge is 0.234 e. The third-order valence-corrected chi connectivity index (χ3v) is 6.34. The fourth-order valence-corrected chi connectivity index (χ4v) is 4.86. The number of hydrogen-bond donors (Lipinski definition) is 1. The molecule has 150 valence electrons. The molecule has 3 aromatic rings. The van der Waals surface area contributed by atoms with E-state index in [-0.39, 0.29) is 11.7 Å². The first kappa shape index (κ1) is 22.0. The van der Waals surface area contributed by atoms with Crippen LogP contribution in [0.5, 0.6) is 0 Å². The second-order valence-corrected chi connectivity index (χ2v) is 9.57. The SMILES string of the molecule is C=CCn1c(SCC(=O)Nc2c(C)cc(I)cc2C)nnc1-c1ccc(Br)cc1. The Balaban J connectivity index is 1.74. The monoisotopic (exact) mass is 582 g/mol. The van der Waals surface area contributed by atoms with Gasteiger partial charge in [0.05, 0.1) is 5.75 Å². The highest BCUT2D eigenvalue weighted by Gasteiger charge is 2.16. The molecule has 0 aliphatic rings. The van der Waals surface area contributed by atoms with Crippen molar-refractivity contribution in [2.24, 2.45) is 0 Å². The van der Waals surface area contributed by atoms with Crippen LogP contribution in [0.25, 0.3) is 11.4 Å². The average Bonchev–Trinajstić information content (AvgIpc) is 3.06. The second-order valence-electron chi connectivity index (χ2n) is 6.46. The molecule has 0 aliphatic carbocycles. The fourth-order valence-electron chi connectivity index (χ4n) is 2.92. The van der Waals surface area contributed by atoms with Crippen LogP contribution < -0.4 is 5.32 Å². The molecule has 0 aliphatic heterocycles. The summed E-state index contributed by atoms with van der Waals surface area (Å²) in [5, 5.41) is 12.3. The molecule has 0 saturated heterocycles. The molecule has 0 spiro atoms.